The van der Waals surface area contributed by atoms with Crippen molar-refractivity contribution in [3.63, 3.8) is 0 Å². The van der Waals surface area contributed by atoms with Gasteiger partial charge in [-0.2, -0.15) is 0 Å². The minimum absolute atomic E-state index is 0.604. The van der Waals surface area contributed by atoms with Crippen LogP contribution in [0.4, 0.5) is 5.69 Å². The molecule has 0 radical (unpaired) electrons. The van der Waals surface area contributed by atoms with Gasteiger partial charge in [-0.15, -0.1) is 6.58 Å². The van der Waals surface area contributed by atoms with Crippen molar-refractivity contribution < 1.29 is 0 Å². The van der Waals surface area contributed by atoms with Crippen molar-refractivity contribution in [2.24, 2.45) is 0 Å². The third-order valence-corrected chi connectivity index (χ3v) is 2.90. The van der Waals surface area contributed by atoms with Gasteiger partial charge in [0.1, 0.15) is 0 Å². The van der Waals surface area contributed by atoms with Crippen molar-refractivity contribution >= 4 is 23.0 Å². The Morgan fingerprint density at radius 3 is 2.26 bits per heavy atom. The second-order valence-corrected chi connectivity index (χ2v) is 4.48. The first-order valence-electron chi connectivity index (χ1n) is 6.11. The Balaban J connectivity index is 2.03. The number of nitrogens with one attached hydrogen (secondary N) is 2. The van der Waals surface area contributed by atoms with Crippen LogP contribution in [-0.4, -0.2) is 11.7 Å². The van der Waals surface area contributed by atoms with Gasteiger partial charge in [0.05, 0.1) is 0 Å². The average Bonchev–Trinajstić information content (AvgIpc) is 2.47. The van der Waals surface area contributed by atoms with E-state index in [0.717, 1.165) is 5.69 Å². The summed E-state index contributed by atoms with van der Waals surface area (Å²) in [5, 5.41) is 6.76. The summed E-state index contributed by atoms with van der Waals surface area (Å²) in [4.78, 5) is 0. The first kappa shape index (κ1) is 13.3. The van der Waals surface area contributed by atoms with Crippen LogP contribution in [0.2, 0.25) is 0 Å². The summed E-state index contributed by atoms with van der Waals surface area (Å²) < 4.78 is 0. The van der Waals surface area contributed by atoms with Crippen LogP contribution in [0, 0.1) is 0 Å². The molecule has 0 heterocycles. The van der Waals surface area contributed by atoms with Crippen LogP contribution < -0.4 is 10.6 Å². The van der Waals surface area contributed by atoms with E-state index in [1.54, 1.807) is 6.08 Å². The number of benzene rings is 2. The lowest BCUT2D eigenvalue weighted by molar-refractivity contribution is 1.06. The highest BCUT2D eigenvalue weighted by Crippen LogP contribution is 2.20. The molecule has 2 N–H and O–H groups in total. The smallest absolute Gasteiger partial charge is 0.171 e. The van der Waals surface area contributed by atoms with Crippen LogP contribution >= 0.6 is 12.2 Å². The molecule has 0 spiro atoms. The van der Waals surface area contributed by atoms with E-state index in [4.69, 9.17) is 12.2 Å². The molecule has 0 saturated carbocycles. The quantitative estimate of drug-likeness (QED) is 0.651. The Bertz CT molecular complexity index is 547. The minimum atomic E-state index is 0.604. The van der Waals surface area contributed by atoms with E-state index in [0.29, 0.717) is 11.7 Å². The zero-order valence-electron chi connectivity index (χ0n) is 10.6. The third-order valence-electron chi connectivity index (χ3n) is 2.66. The SMILES string of the molecule is C=CCNC(=S)Nc1ccc(-c2ccccc2)cc1. The fourth-order valence-corrected chi connectivity index (χ4v) is 1.92. The number of anilines is 1. The lowest BCUT2D eigenvalue weighted by atomic mass is 10.1. The van der Waals surface area contributed by atoms with Gasteiger partial charge in [-0.3, -0.25) is 0 Å². The number of hydrogen-bond donors (Lipinski definition) is 2. The summed E-state index contributed by atoms with van der Waals surface area (Å²) in [7, 11) is 0. The van der Waals surface area contributed by atoms with Gasteiger partial charge in [0.15, 0.2) is 5.11 Å². The summed E-state index contributed by atoms with van der Waals surface area (Å²) in [5.41, 5.74) is 3.37. The molecule has 0 aliphatic carbocycles. The molecular weight excluding hydrogens is 252 g/mol. The average molecular weight is 268 g/mol. The van der Waals surface area contributed by atoms with Gasteiger partial charge in [-0.1, -0.05) is 48.5 Å². The molecule has 0 aromatic heterocycles. The first-order valence-corrected chi connectivity index (χ1v) is 6.51. The fourth-order valence-electron chi connectivity index (χ4n) is 1.72. The predicted molar refractivity (Wildman–Crippen MR) is 86.3 cm³/mol. The van der Waals surface area contributed by atoms with E-state index in [-0.39, 0.29) is 0 Å². The van der Waals surface area contributed by atoms with Crippen LogP contribution in [0.15, 0.2) is 67.3 Å². The molecule has 0 atom stereocenters. The van der Waals surface area contributed by atoms with E-state index in [9.17, 15) is 0 Å². The summed E-state index contributed by atoms with van der Waals surface area (Å²) in [6.07, 6.45) is 1.77. The van der Waals surface area contributed by atoms with Gasteiger partial charge >= 0.3 is 0 Å². The molecule has 19 heavy (non-hydrogen) atoms. The van der Waals surface area contributed by atoms with Gasteiger partial charge in [-0.25, -0.2) is 0 Å². The highest BCUT2D eigenvalue weighted by Gasteiger charge is 1.98. The Kier molecular flexibility index (Phi) is 4.70. The van der Waals surface area contributed by atoms with Crippen LogP contribution in [-0.2, 0) is 0 Å². The van der Waals surface area contributed by atoms with Gasteiger partial charge in [0.2, 0.25) is 0 Å². The molecule has 2 aromatic rings. The number of hydrogen-bond acceptors (Lipinski definition) is 1. The van der Waals surface area contributed by atoms with Crippen LogP contribution in [0.25, 0.3) is 11.1 Å². The van der Waals surface area contributed by atoms with Gasteiger partial charge in [0.25, 0.3) is 0 Å². The van der Waals surface area contributed by atoms with Crippen molar-refractivity contribution in [2.45, 2.75) is 0 Å². The van der Waals surface area contributed by atoms with E-state index in [2.05, 4.69) is 41.5 Å². The summed E-state index contributed by atoms with van der Waals surface area (Å²) in [5.74, 6) is 0. The summed E-state index contributed by atoms with van der Waals surface area (Å²) >= 11 is 5.16. The number of rotatable bonds is 4. The van der Waals surface area contributed by atoms with Crippen LogP contribution in [0.3, 0.4) is 0 Å². The normalized spacial score (nSPS) is 9.68. The zero-order valence-corrected chi connectivity index (χ0v) is 11.4. The lowest BCUT2D eigenvalue weighted by Crippen LogP contribution is -2.28. The molecule has 3 heteroatoms. The topological polar surface area (TPSA) is 24.1 Å². The standard InChI is InChI=1S/C16H16N2S/c1-2-12-17-16(19)18-15-10-8-14(9-11-15)13-6-4-3-5-7-13/h2-11H,1,12H2,(H2,17,18,19). The van der Waals surface area contributed by atoms with E-state index in [1.807, 2.05) is 30.3 Å². The largest absolute Gasteiger partial charge is 0.359 e. The van der Waals surface area contributed by atoms with Crippen LogP contribution in [0.1, 0.15) is 0 Å². The molecule has 0 amide bonds. The third kappa shape index (κ3) is 3.93. The zero-order chi connectivity index (χ0) is 13.5. The monoisotopic (exact) mass is 268 g/mol. The van der Waals surface area contributed by atoms with Crippen molar-refractivity contribution in [1.82, 2.24) is 5.32 Å². The molecule has 0 fully saturated rings. The molecule has 2 rings (SSSR count). The minimum Gasteiger partial charge on any atom is -0.359 e. The fraction of sp³-hybridized carbons (Fsp3) is 0.0625. The highest BCUT2D eigenvalue weighted by molar-refractivity contribution is 7.80. The maximum absolute atomic E-state index is 5.16. The Morgan fingerprint density at radius 2 is 1.63 bits per heavy atom. The second kappa shape index (κ2) is 6.71. The summed E-state index contributed by atoms with van der Waals surface area (Å²) in [6.45, 7) is 4.30. The summed E-state index contributed by atoms with van der Waals surface area (Å²) in [6, 6.07) is 18.5. The molecule has 96 valence electrons. The Morgan fingerprint density at radius 1 is 1.00 bits per heavy atom. The van der Waals surface area contributed by atoms with Crippen molar-refractivity contribution in [3.05, 3.63) is 67.3 Å². The first-order chi connectivity index (χ1) is 9.29. The van der Waals surface area contributed by atoms with Crippen molar-refractivity contribution in [3.8, 4) is 11.1 Å². The lowest BCUT2D eigenvalue weighted by Gasteiger charge is -2.09. The maximum atomic E-state index is 5.16. The predicted octanol–water partition coefficient (Wildman–Crippen LogP) is 3.83. The van der Waals surface area contributed by atoms with Gasteiger partial charge in [-0.05, 0) is 35.5 Å². The maximum Gasteiger partial charge on any atom is 0.171 e. The van der Waals surface area contributed by atoms with E-state index >= 15 is 0 Å². The Hall–Kier alpha value is -2.13. The van der Waals surface area contributed by atoms with Crippen LogP contribution in [0.5, 0.6) is 0 Å². The molecule has 2 aromatic carbocycles. The number of thiocarbonyl (C=S) groups is 1. The molecule has 0 bridgehead atoms. The molecule has 0 saturated heterocycles. The van der Waals surface area contributed by atoms with E-state index in [1.165, 1.54) is 11.1 Å². The molecular formula is C16H16N2S. The van der Waals surface area contributed by atoms with E-state index < -0.39 is 0 Å². The molecule has 2 nitrogen and oxygen atoms in total. The Labute approximate surface area is 119 Å². The van der Waals surface area contributed by atoms with Gasteiger partial charge < -0.3 is 10.6 Å². The van der Waals surface area contributed by atoms with Gasteiger partial charge in [0, 0.05) is 12.2 Å². The highest BCUT2D eigenvalue weighted by atomic mass is 32.1. The van der Waals surface area contributed by atoms with Crippen molar-refractivity contribution in [2.75, 3.05) is 11.9 Å². The molecule has 0 unspecified atom stereocenters. The second-order valence-electron chi connectivity index (χ2n) is 4.07. The molecule has 0 aliphatic rings. The molecule has 0 aliphatic heterocycles. The van der Waals surface area contributed by atoms with Crippen molar-refractivity contribution in [1.29, 1.82) is 0 Å².